The summed E-state index contributed by atoms with van der Waals surface area (Å²) in [5.41, 5.74) is 2.49. The summed E-state index contributed by atoms with van der Waals surface area (Å²) in [6.07, 6.45) is 4.79. The predicted octanol–water partition coefficient (Wildman–Crippen LogP) is 3.59. The zero-order chi connectivity index (χ0) is 27.6. The molecule has 1 fully saturated rings. The highest BCUT2D eigenvalue weighted by molar-refractivity contribution is 6.30. The third-order valence-corrected chi connectivity index (χ3v) is 6.81. The van der Waals surface area contributed by atoms with E-state index in [4.69, 9.17) is 23.2 Å². The molecule has 1 aliphatic heterocycles. The first-order valence-corrected chi connectivity index (χ1v) is 13.3. The number of halogens is 2. The molecule has 0 unspecified atom stereocenters. The van der Waals surface area contributed by atoms with Gasteiger partial charge in [0.2, 0.25) is 17.7 Å². The first kappa shape index (κ1) is 28.1. The van der Waals surface area contributed by atoms with E-state index in [1.807, 2.05) is 30.3 Å². The molecule has 0 spiro atoms. The van der Waals surface area contributed by atoms with Crippen LogP contribution in [-0.2, 0) is 20.8 Å². The van der Waals surface area contributed by atoms with Gasteiger partial charge in [-0.3, -0.25) is 19.4 Å². The van der Waals surface area contributed by atoms with Crippen molar-refractivity contribution in [1.82, 2.24) is 20.5 Å². The molecule has 8 nitrogen and oxygen atoms in total. The predicted molar refractivity (Wildman–Crippen MR) is 154 cm³/mol. The number of anilines is 1. The average Bonchev–Trinajstić information content (AvgIpc) is 2.96. The molecule has 39 heavy (non-hydrogen) atoms. The van der Waals surface area contributed by atoms with E-state index in [0.717, 1.165) is 11.3 Å². The van der Waals surface area contributed by atoms with Crippen LogP contribution < -0.4 is 15.5 Å². The summed E-state index contributed by atoms with van der Waals surface area (Å²) in [6.45, 7) is 2.29. The van der Waals surface area contributed by atoms with Crippen LogP contribution >= 0.6 is 23.2 Å². The third-order valence-electron chi connectivity index (χ3n) is 6.31. The number of pyridine rings is 1. The zero-order valence-electron chi connectivity index (χ0n) is 21.2. The van der Waals surface area contributed by atoms with Gasteiger partial charge in [-0.1, -0.05) is 41.4 Å². The molecule has 3 amide bonds. The van der Waals surface area contributed by atoms with E-state index in [9.17, 15) is 14.4 Å². The minimum atomic E-state index is -0.906. The maximum absolute atomic E-state index is 13.1. The van der Waals surface area contributed by atoms with Crippen LogP contribution in [0.3, 0.4) is 0 Å². The minimum absolute atomic E-state index is 0.158. The van der Waals surface area contributed by atoms with Gasteiger partial charge < -0.3 is 20.4 Å². The van der Waals surface area contributed by atoms with E-state index < -0.39 is 17.9 Å². The van der Waals surface area contributed by atoms with E-state index in [0.29, 0.717) is 41.9 Å². The number of carbonyl (C=O) groups excluding carboxylic acids is 3. The SMILES string of the molecule is O=C(C=Cc1ccc(Cl)cc1)N[C@@H](Cc1ccccn1)C(=O)NCC(=O)N1CCN(c2ccc(Cl)cc2)CC1. The number of hydrogen-bond acceptors (Lipinski definition) is 5. The maximum atomic E-state index is 13.1. The molecule has 202 valence electrons. The van der Waals surface area contributed by atoms with Gasteiger partial charge in [-0.25, -0.2) is 0 Å². The Morgan fingerprint density at radius 3 is 2.21 bits per heavy atom. The molecular formula is C29H29Cl2N5O3. The number of carbonyl (C=O) groups is 3. The molecule has 1 atom stereocenters. The van der Waals surface area contributed by atoms with Crippen molar-refractivity contribution in [3.63, 3.8) is 0 Å². The van der Waals surface area contributed by atoms with Crippen LogP contribution in [0.4, 0.5) is 5.69 Å². The monoisotopic (exact) mass is 565 g/mol. The van der Waals surface area contributed by atoms with Gasteiger partial charge in [0.05, 0.1) is 6.54 Å². The smallest absolute Gasteiger partial charge is 0.244 e. The number of rotatable bonds is 9. The van der Waals surface area contributed by atoms with Gasteiger partial charge in [-0.05, 0) is 60.2 Å². The van der Waals surface area contributed by atoms with Crippen molar-refractivity contribution in [3.05, 3.63) is 100 Å². The average molecular weight is 566 g/mol. The van der Waals surface area contributed by atoms with Crippen molar-refractivity contribution in [2.75, 3.05) is 37.6 Å². The van der Waals surface area contributed by atoms with Crippen molar-refractivity contribution < 1.29 is 14.4 Å². The molecule has 0 saturated carbocycles. The van der Waals surface area contributed by atoms with Crippen LogP contribution in [0.5, 0.6) is 0 Å². The van der Waals surface area contributed by atoms with Gasteiger partial charge in [-0.15, -0.1) is 0 Å². The van der Waals surface area contributed by atoms with Crippen molar-refractivity contribution in [2.45, 2.75) is 12.5 Å². The summed E-state index contributed by atoms with van der Waals surface area (Å²) in [5.74, 6) is -1.07. The quantitative estimate of drug-likeness (QED) is 0.386. The molecule has 1 aromatic heterocycles. The Hall–Kier alpha value is -3.88. The fourth-order valence-electron chi connectivity index (χ4n) is 4.17. The van der Waals surface area contributed by atoms with Gasteiger partial charge >= 0.3 is 0 Å². The second-order valence-corrected chi connectivity index (χ2v) is 9.91. The van der Waals surface area contributed by atoms with E-state index in [1.54, 1.807) is 53.6 Å². The Bertz CT molecular complexity index is 1290. The molecule has 1 saturated heterocycles. The van der Waals surface area contributed by atoms with Gasteiger partial charge in [0.1, 0.15) is 6.04 Å². The summed E-state index contributed by atoms with van der Waals surface area (Å²) in [4.78, 5) is 46.7. The molecule has 3 aromatic rings. The standard InChI is InChI=1S/C29H29Cl2N5O3/c30-22-7-4-21(5-8-22)6-13-27(37)34-26(19-24-3-1-2-14-32-24)29(39)33-20-28(38)36-17-15-35(16-18-36)25-11-9-23(31)10-12-25/h1-14,26H,15-20H2,(H,33,39)(H,34,37)/t26-/m0/s1. The highest BCUT2D eigenvalue weighted by Gasteiger charge is 2.25. The summed E-state index contributed by atoms with van der Waals surface area (Å²) >= 11 is 11.9. The fraction of sp³-hybridized carbons (Fsp3) is 0.241. The van der Waals surface area contributed by atoms with E-state index in [-0.39, 0.29) is 18.9 Å². The van der Waals surface area contributed by atoms with Crippen molar-refractivity contribution in [3.8, 4) is 0 Å². The van der Waals surface area contributed by atoms with E-state index in [1.165, 1.54) is 6.08 Å². The number of benzene rings is 2. The van der Waals surface area contributed by atoms with Crippen LogP contribution in [0.25, 0.3) is 6.08 Å². The largest absolute Gasteiger partial charge is 0.368 e. The lowest BCUT2D eigenvalue weighted by atomic mass is 10.1. The summed E-state index contributed by atoms with van der Waals surface area (Å²) in [6, 6.07) is 19.1. The Labute approximate surface area is 237 Å². The summed E-state index contributed by atoms with van der Waals surface area (Å²) in [7, 11) is 0. The molecule has 0 radical (unpaired) electrons. The molecule has 2 heterocycles. The Kier molecular flexibility index (Phi) is 9.94. The molecule has 0 aliphatic carbocycles. The molecular weight excluding hydrogens is 537 g/mol. The van der Waals surface area contributed by atoms with E-state index in [2.05, 4.69) is 20.5 Å². The lowest BCUT2D eigenvalue weighted by Crippen LogP contribution is -2.53. The first-order chi connectivity index (χ1) is 18.9. The highest BCUT2D eigenvalue weighted by atomic mass is 35.5. The number of piperazine rings is 1. The second-order valence-electron chi connectivity index (χ2n) is 9.03. The van der Waals surface area contributed by atoms with E-state index >= 15 is 0 Å². The van der Waals surface area contributed by atoms with Crippen LogP contribution in [-0.4, -0.2) is 66.4 Å². The summed E-state index contributed by atoms with van der Waals surface area (Å²) < 4.78 is 0. The lowest BCUT2D eigenvalue weighted by molar-refractivity contribution is -0.134. The van der Waals surface area contributed by atoms with Gasteiger partial charge in [-0.2, -0.15) is 0 Å². The molecule has 2 N–H and O–H groups in total. The maximum Gasteiger partial charge on any atom is 0.244 e. The summed E-state index contributed by atoms with van der Waals surface area (Å²) in [5, 5.41) is 6.71. The van der Waals surface area contributed by atoms with Gasteiger partial charge in [0.15, 0.2) is 0 Å². The topological polar surface area (TPSA) is 94.6 Å². The number of nitrogens with zero attached hydrogens (tertiary/aromatic N) is 3. The van der Waals surface area contributed by atoms with Crippen LogP contribution in [0.1, 0.15) is 11.3 Å². The Morgan fingerprint density at radius 1 is 0.897 bits per heavy atom. The Balaban J connectivity index is 1.31. The molecule has 2 aromatic carbocycles. The first-order valence-electron chi connectivity index (χ1n) is 12.6. The fourth-order valence-corrected chi connectivity index (χ4v) is 4.42. The van der Waals surface area contributed by atoms with Gasteiger partial charge in [0.25, 0.3) is 0 Å². The highest BCUT2D eigenvalue weighted by Crippen LogP contribution is 2.19. The molecule has 0 bridgehead atoms. The van der Waals surface area contributed by atoms with Crippen LogP contribution in [0.2, 0.25) is 10.0 Å². The number of amides is 3. The Morgan fingerprint density at radius 2 is 1.56 bits per heavy atom. The zero-order valence-corrected chi connectivity index (χ0v) is 22.7. The van der Waals surface area contributed by atoms with Gasteiger partial charge in [0, 0.05) is 66.3 Å². The number of hydrogen-bond donors (Lipinski definition) is 2. The minimum Gasteiger partial charge on any atom is -0.368 e. The van der Waals surface area contributed by atoms with Crippen LogP contribution in [0.15, 0.2) is 79.0 Å². The number of aromatic nitrogens is 1. The van der Waals surface area contributed by atoms with Crippen LogP contribution in [0, 0.1) is 0 Å². The second kappa shape index (κ2) is 13.8. The lowest BCUT2D eigenvalue weighted by Gasteiger charge is -2.36. The molecule has 4 rings (SSSR count). The van der Waals surface area contributed by atoms with Crippen molar-refractivity contribution >= 4 is 52.7 Å². The third kappa shape index (κ3) is 8.56. The normalized spacial score (nSPS) is 14.2. The molecule has 1 aliphatic rings. The number of nitrogens with one attached hydrogen (secondary N) is 2. The van der Waals surface area contributed by atoms with Crippen molar-refractivity contribution in [1.29, 1.82) is 0 Å². The molecule has 10 heteroatoms. The van der Waals surface area contributed by atoms with Crippen molar-refractivity contribution in [2.24, 2.45) is 0 Å².